The van der Waals surface area contributed by atoms with Gasteiger partial charge in [-0.2, -0.15) is 0 Å². The first-order valence-electron chi connectivity index (χ1n) is 6.88. The van der Waals surface area contributed by atoms with Gasteiger partial charge in [0.1, 0.15) is 11.5 Å². The number of rotatable bonds is 8. The first-order valence-corrected chi connectivity index (χ1v) is 7.92. The molecule has 1 unspecified atom stereocenters. The lowest BCUT2D eigenvalue weighted by molar-refractivity contribution is -0.120. The highest BCUT2D eigenvalue weighted by molar-refractivity contribution is 8.00. The number of amides is 1. The van der Waals surface area contributed by atoms with Crippen LogP contribution in [0.2, 0.25) is 0 Å². The van der Waals surface area contributed by atoms with Crippen LogP contribution in [-0.4, -0.2) is 36.7 Å². The summed E-state index contributed by atoms with van der Waals surface area (Å²) in [5.74, 6) is 2.58. The predicted molar refractivity (Wildman–Crippen MR) is 81.6 cm³/mol. The Balaban J connectivity index is 1.61. The van der Waals surface area contributed by atoms with E-state index in [9.17, 15) is 4.79 Å². The Bertz CT molecular complexity index is 431. The number of nitrogens with one attached hydrogen (secondary N) is 1. The summed E-state index contributed by atoms with van der Waals surface area (Å²) in [5, 5.41) is 2.99. The topological polar surface area (TPSA) is 47.6 Å². The van der Waals surface area contributed by atoms with Crippen LogP contribution in [0.15, 0.2) is 24.3 Å². The second kappa shape index (κ2) is 7.43. The van der Waals surface area contributed by atoms with Gasteiger partial charge in [-0.15, -0.1) is 11.8 Å². The predicted octanol–water partition coefficient (Wildman–Crippen LogP) is 2.47. The second-order valence-corrected chi connectivity index (χ2v) is 6.27. The largest absolute Gasteiger partial charge is 0.497 e. The van der Waals surface area contributed by atoms with E-state index in [1.165, 1.54) is 0 Å². The molecule has 1 aliphatic carbocycles. The van der Waals surface area contributed by atoms with Crippen molar-refractivity contribution in [2.45, 2.75) is 31.1 Å². The zero-order valence-corrected chi connectivity index (χ0v) is 12.7. The summed E-state index contributed by atoms with van der Waals surface area (Å²) in [6.45, 7) is 2.54. The Hall–Kier alpha value is -1.36. The molecule has 0 saturated heterocycles. The molecule has 5 heteroatoms. The van der Waals surface area contributed by atoms with E-state index in [-0.39, 0.29) is 11.2 Å². The highest BCUT2D eigenvalue weighted by atomic mass is 32.2. The highest BCUT2D eigenvalue weighted by Gasteiger charge is 2.25. The molecule has 0 aromatic heterocycles. The number of carbonyl (C=O) groups excluding carboxylic acids is 1. The molecule has 4 nitrogen and oxygen atoms in total. The molecule has 0 spiro atoms. The molecule has 1 aromatic carbocycles. The Morgan fingerprint density at radius 3 is 2.60 bits per heavy atom. The van der Waals surface area contributed by atoms with Crippen molar-refractivity contribution in [3.63, 3.8) is 0 Å². The third-order valence-corrected chi connectivity index (χ3v) is 4.19. The second-order valence-electron chi connectivity index (χ2n) is 4.82. The molecule has 1 N–H and O–H groups in total. The minimum atomic E-state index is -0.0185. The number of thioether (sulfide) groups is 1. The minimum absolute atomic E-state index is 0.0185. The molecule has 1 fully saturated rings. The molecule has 110 valence electrons. The van der Waals surface area contributed by atoms with Crippen molar-refractivity contribution in [3.8, 4) is 11.5 Å². The highest BCUT2D eigenvalue weighted by Crippen LogP contribution is 2.21. The van der Waals surface area contributed by atoms with Gasteiger partial charge < -0.3 is 14.8 Å². The van der Waals surface area contributed by atoms with Gasteiger partial charge in [-0.05, 0) is 44.0 Å². The van der Waals surface area contributed by atoms with E-state index in [1.54, 1.807) is 18.9 Å². The first-order chi connectivity index (χ1) is 9.69. The lowest BCUT2D eigenvalue weighted by Gasteiger charge is -2.12. The van der Waals surface area contributed by atoms with Crippen molar-refractivity contribution < 1.29 is 14.3 Å². The van der Waals surface area contributed by atoms with E-state index < -0.39 is 0 Å². The van der Waals surface area contributed by atoms with Gasteiger partial charge in [-0.25, -0.2) is 0 Å². The molecule has 1 aliphatic rings. The first kappa shape index (κ1) is 15.0. The number of hydrogen-bond acceptors (Lipinski definition) is 4. The smallest absolute Gasteiger partial charge is 0.233 e. The Kier molecular flexibility index (Phi) is 5.59. The van der Waals surface area contributed by atoms with E-state index >= 15 is 0 Å². The van der Waals surface area contributed by atoms with Gasteiger partial charge in [-0.3, -0.25) is 4.79 Å². The van der Waals surface area contributed by atoms with Gasteiger partial charge in [-0.1, -0.05) is 0 Å². The molecule has 0 bridgehead atoms. The van der Waals surface area contributed by atoms with E-state index in [0.29, 0.717) is 12.6 Å². The lowest BCUT2D eigenvalue weighted by Crippen LogP contribution is -2.32. The summed E-state index contributed by atoms with van der Waals surface area (Å²) < 4.78 is 10.7. The zero-order valence-electron chi connectivity index (χ0n) is 11.9. The van der Waals surface area contributed by atoms with Crippen LogP contribution in [0.4, 0.5) is 0 Å². The zero-order chi connectivity index (χ0) is 14.4. The van der Waals surface area contributed by atoms with Crippen LogP contribution >= 0.6 is 11.8 Å². The number of carbonyl (C=O) groups is 1. The van der Waals surface area contributed by atoms with Crippen LogP contribution in [0.3, 0.4) is 0 Å². The van der Waals surface area contributed by atoms with Gasteiger partial charge in [0.2, 0.25) is 5.91 Å². The number of methoxy groups -OCH3 is 1. The summed E-state index contributed by atoms with van der Waals surface area (Å²) in [6.07, 6.45) is 2.26. The van der Waals surface area contributed by atoms with Crippen molar-refractivity contribution in [2.24, 2.45) is 0 Å². The van der Waals surface area contributed by atoms with Crippen molar-refractivity contribution in [3.05, 3.63) is 24.3 Å². The maximum absolute atomic E-state index is 11.7. The monoisotopic (exact) mass is 295 g/mol. The van der Waals surface area contributed by atoms with Crippen LogP contribution in [0, 0.1) is 0 Å². The Morgan fingerprint density at radius 1 is 1.35 bits per heavy atom. The molecule has 20 heavy (non-hydrogen) atoms. The van der Waals surface area contributed by atoms with Crippen molar-refractivity contribution in [1.29, 1.82) is 0 Å². The number of hydrogen-bond donors (Lipinski definition) is 1. The van der Waals surface area contributed by atoms with Crippen molar-refractivity contribution in [2.75, 3.05) is 19.5 Å². The van der Waals surface area contributed by atoms with E-state index in [4.69, 9.17) is 9.47 Å². The van der Waals surface area contributed by atoms with Crippen LogP contribution in [0.25, 0.3) is 0 Å². The SMILES string of the molecule is COc1ccc(OCCSC(C)C(=O)NC2CC2)cc1. The summed E-state index contributed by atoms with van der Waals surface area (Å²) >= 11 is 1.62. The summed E-state index contributed by atoms with van der Waals surface area (Å²) in [7, 11) is 1.64. The van der Waals surface area contributed by atoms with Crippen LogP contribution < -0.4 is 14.8 Å². The fourth-order valence-electron chi connectivity index (χ4n) is 1.68. The fourth-order valence-corrected chi connectivity index (χ4v) is 2.43. The summed E-state index contributed by atoms with van der Waals surface area (Å²) in [6, 6.07) is 7.93. The average Bonchev–Trinajstić information content (AvgIpc) is 3.28. The molecular weight excluding hydrogens is 274 g/mol. The Labute approximate surface area is 124 Å². The molecule has 1 aromatic rings. The maximum Gasteiger partial charge on any atom is 0.233 e. The van der Waals surface area contributed by atoms with Crippen molar-refractivity contribution >= 4 is 17.7 Å². The van der Waals surface area contributed by atoms with Crippen LogP contribution in [0.5, 0.6) is 11.5 Å². The summed E-state index contributed by atoms with van der Waals surface area (Å²) in [4.78, 5) is 11.7. The van der Waals surface area contributed by atoms with Crippen molar-refractivity contribution in [1.82, 2.24) is 5.32 Å². The van der Waals surface area contributed by atoms with Gasteiger partial charge in [0, 0.05) is 11.8 Å². The molecule has 1 amide bonds. The molecule has 0 aliphatic heterocycles. The number of ether oxygens (including phenoxy) is 2. The summed E-state index contributed by atoms with van der Waals surface area (Å²) in [5.41, 5.74) is 0. The molecule has 1 atom stereocenters. The molecule has 0 heterocycles. The normalized spacial score (nSPS) is 15.5. The molecule has 2 rings (SSSR count). The molecule has 0 radical (unpaired) electrons. The fraction of sp³-hybridized carbons (Fsp3) is 0.533. The average molecular weight is 295 g/mol. The van der Waals surface area contributed by atoms with Gasteiger partial charge in [0.15, 0.2) is 0 Å². The van der Waals surface area contributed by atoms with Crippen LogP contribution in [-0.2, 0) is 4.79 Å². The lowest BCUT2D eigenvalue weighted by atomic mass is 10.3. The van der Waals surface area contributed by atoms with Gasteiger partial charge >= 0.3 is 0 Å². The number of benzene rings is 1. The Morgan fingerprint density at radius 2 is 2.00 bits per heavy atom. The van der Waals surface area contributed by atoms with E-state index in [2.05, 4.69) is 5.32 Å². The molecule has 1 saturated carbocycles. The third-order valence-electron chi connectivity index (χ3n) is 3.07. The third kappa shape index (κ3) is 4.96. The standard InChI is InChI=1S/C15H21NO3S/c1-11(15(17)16-12-3-4-12)20-10-9-19-14-7-5-13(18-2)6-8-14/h5-8,11-12H,3-4,9-10H2,1-2H3,(H,16,17). The van der Waals surface area contributed by atoms with E-state index in [0.717, 1.165) is 30.1 Å². The van der Waals surface area contributed by atoms with Gasteiger partial charge in [0.05, 0.1) is 19.0 Å². The maximum atomic E-state index is 11.7. The van der Waals surface area contributed by atoms with Crippen LogP contribution in [0.1, 0.15) is 19.8 Å². The molecular formula is C15H21NO3S. The quantitative estimate of drug-likeness (QED) is 0.749. The minimum Gasteiger partial charge on any atom is -0.497 e. The van der Waals surface area contributed by atoms with Gasteiger partial charge in [0.25, 0.3) is 0 Å². The van der Waals surface area contributed by atoms with E-state index in [1.807, 2.05) is 31.2 Å².